The first kappa shape index (κ1) is 15.5. The number of benzene rings is 1. The van der Waals surface area contributed by atoms with Crippen LogP contribution in [-0.2, 0) is 6.54 Å². The van der Waals surface area contributed by atoms with Crippen molar-refractivity contribution in [3.05, 3.63) is 56.5 Å². The van der Waals surface area contributed by atoms with Crippen molar-refractivity contribution in [2.24, 2.45) is 0 Å². The van der Waals surface area contributed by atoms with E-state index in [0.29, 0.717) is 6.54 Å². The van der Waals surface area contributed by atoms with Crippen LogP contribution >= 0.6 is 22.9 Å². The first-order valence-corrected chi connectivity index (χ1v) is 7.21. The average molecular weight is 324 g/mol. The van der Waals surface area contributed by atoms with Gasteiger partial charge in [0.15, 0.2) is 0 Å². The highest BCUT2D eigenvalue weighted by Crippen LogP contribution is 2.18. The summed E-state index contributed by atoms with van der Waals surface area (Å²) in [6.07, 6.45) is 0. The van der Waals surface area contributed by atoms with Crippen LogP contribution in [0.4, 0.5) is 4.39 Å². The molecule has 108 valence electrons. The van der Waals surface area contributed by atoms with Crippen molar-refractivity contribution in [3.63, 3.8) is 0 Å². The molecule has 0 fully saturated rings. The summed E-state index contributed by atoms with van der Waals surface area (Å²) in [5.74, 6) is 4.50. The fourth-order valence-corrected chi connectivity index (χ4v) is 2.68. The van der Waals surface area contributed by atoms with Crippen molar-refractivity contribution in [1.82, 2.24) is 5.32 Å². The number of carbonyl (C=O) groups excluding carboxylic acids is 1. The van der Waals surface area contributed by atoms with Gasteiger partial charge in [-0.2, -0.15) is 0 Å². The highest BCUT2D eigenvalue weighted by atomic mass is 35.5. The minimum absolute atomic E-state index is 0.0770. The number of amides is 1. The Morgan fingerprint density at radius 3 is 2.90 bits per heavy atom. The van der Waals surface area contributed by atoms with Crippen LogP contribution in [0, 0.1) is 17.7 Å². The summed E-state index contributed by atoms with van der Waals surface area (Å²) in [7, 11) is 0. The summed E-state index contributed by atoms with van der Waals surface area (Å²) in [6.45, 7) is 0.144. The fraction of sp³-hybridized carbons (Fsp3) is 0.133. The van der Waals surface area contributed by atoms with Crippen LogP contribution in [0.25, 0.3) is 0 Å². The van der Waals surface area contributed by atoms with Gasteiger partial charge in [-0.15, -0.1) is 11.3 Å². The van der Waals surface area contributed by atoms with Crippen LogP contribution in [0.2, 0.25) is 5.02 Å². The van der Waals surface area contributed by atoms with E-state index in [0.717, 1.165) is 15.8 Å². The maximum atomic E-state index is 12.9. The van der Waals surface area contributed by atoms with Gasteiger partial charge in [0.05, 0.1) is 22.0 Å². The maximum Gasteiger partial charge on any atom is 0.253 e. The fourth-order valence-electron chi connectivity index (χ4n) is 1.60. The third kappa shape index (κ3) is 4.30. The molecule has 2 aromatic rings. The minimum Gasteiger partial charge on any atom is -0.384 e. The Balaban J connectivity index is 1.99. The second-order valence-electron chi connectivity index (χ2n) is 4.03. The van der Waals surface area contributed by atoms with Crippen LogP contribution in [-0.4, -0.2) is 17.6 Å². The van der Waals surface area contributed by atoms with Gasteiger partial charge in [0.2, 0.25) is 0 Å². The second-order valence-corrected chi connectivity index (χ2v) is 5.61. The topological polar surface area (TPSA) is 49.3 Å². The predicted octanol–water partition coefficient (Wildman–Crippen LogP) is 2.81. The Bertz CT molecular complexity index is 718. The highest BCUT2D eigenvalue weighted by Gasteiger charge is 2.11. The number of aliphatic hydroxyl groups is 1. The van der Waals surface area contributed by atoms with Crippen molar-refractivity contribution in [2.75, 3.05) is 6.61 Å². The number of thiophene rings is 1. The molecule has 0 radical (unpaired) electrons. The van der Waals surface area contributed by atoms with Gasteiger partial charge in [-0.3, -0.25) is 4.79 Å². The van der Waals surface area contributed by atoms with E-state index in [1.807, 2.05) is 12.1 Å². The SMILES string of the molecule is O=C(NCc1ccc(C#CCO)s1)c1ccc(F)cc1Cl. The number of nitrogens with one attached hydrogen (secondary N) is 1. The summed E-state index contributed by atoms with van der Waals surface area (Å²) < 4.78 is 12.9. The van der Waals surface area contributed by atoms with Gasteiger partial charge in [-0.25, -0.2) is 4.39 Å². The molecule has 2 rings (SSSR count). The molecular formula is C15H11ClFNO2S. The summed E-state index contributed by atoms with van der Waals surface area (Å²) in [5, 5.41) is 11.4. The Morgan fingerprint density at radius 2 is 2.19 bits per heavy atom. The van der Waals surface area contributed by atoms with Crippen LogP contribution in [0.1, 0.15) is 20.1 Å². The molecular weight excluding hydrogens is 313 g/mol. The zero-order chi connectivity index (χ0) is 15.2. The minimum atomic E-state index is -0.484. The molecule has 0 aliphatic rings. The van der Waals surface area contributed by atoms with Gasteiger partial charge in [0.25, 0.3) is 5.91 Å². The van der Waals surface area contributed by atoms with Gasteiger partial charge < -0.3 is 10.4 Å². The van der Waals surface area contributed by atoms with Crippen molar-refractivity contribution >= 4 is 28.8 Å². The molecule has 0 spiro atoms. The third-order valence-electron chi connectivity index (χ3n) is 2.55. The van der Waals surface area contributed by atoms with E-state index in [9.17, 15) is 9.18 Å². The van der Waals surface area contributed by atoms with Crippen molar-refractivity contribution in [2.45, 2.75) is 6.54 Å². The lowest BCUT2D eigenvalue weighted by molar-refractivity contribution is 0.0951. The molecule has 1 aromatic heterocycles. The van der Waals surface area contributed by atoms with Crippen molar-refractivity contribution < 1.29 is 14.3 Å². The largest absolute Gasteiger partial charge is 0.384 e. The van der Waals surface area contributed by atoms with Gasteiger partial charge in [0, 0.05) is 4.88 Å². The quantitative estimate of drug-likeness (QED) is 0.853. The predicted molar refractivity (Wildman–Crippen MR) is 80.9 cm³/mol. The molecule has 0 atom stereocenters. The maximum absolute atomic E-state index is 12.9. The second kappa shape index (κ2) is 7.23. The Morgan fingerprint density at radius 1 is 1.38 bits per heavy atom. The van der Waals surface area contributed by atoms with Crippen molar-refractivity contribution in [3.8, 4) is 11.8 Å². The summed E-state index contributed by atoms with van der Waals surface area (Å²) in [4.78, 5) is 13.7. The van der Waals surface area contributed by atoms with Crippen LogP contribution in [0.5, 0.6) is 0 Å². The van der Waals surface area contributed by atoms with Gasteiger partial charge in [0.1, 0.15) is 12.4 Å². The zero-order valence-electron chi connectivity index (χ0n) is 10.8. The molecule has 0 saturated carbocycles. The summed E-state index contributed by atoms with van der Waals surface area (Å²) in [5.41, 5.74) is 0.231. The van der Waals surface area contributed by atoms with Crippen LogP contribution < -0.4 is 5.32 Å². The van der Waals surface area contributed by atoms with Crippen LogP contribution in [0.3, 0.4) is 0 Å². The van der Waals surface area contributed by atoms with E-state index >= 15 is 0 Å². The number of carbonyl (C=O) groups is 1. The first-order chi connectivity index (χ1) is 10.1. The smallest absolute Gasteiger partial charge is 0.253 e. The zero-order valence-corrected chi connectivity index (χ0v) is 12.4. The van der Waals surface area contributed by atoms with E-state index in [-0.39, 0.29) is 23.1 Å². The van der Waals surface area contributed by atoms with E-state index in [1.165, 1.54) is 23.5 Å². The molecule has 3 nitrogen and oxygen atoms in total. The number of halogens is 2. The number of aliphatic hydroxyl groups excluding tert-OH is 1. The third-order valence-corrected chi connectivity index (χ3v) is 3.86. The molecule has 0 aliphatic carbocycles. The van der Waals surface area contributed by atoms with Gasteiger partial charge >= 0.3 is 0 Å². The first-order valence-electron chi connectivity index (χ1n) is 6.02. The molecule has 0 aliphatic heterocycles. The Kier molecular flexibility index (Phi) is 5.34. The molecule has 2 N–H and O–H groups in total. The lowest BCUT2D eigenvalue weighted by atomic mass is 10.2. The molecule has 0 unspecified atom stereocenters. The van der Waals surface area contributed by atoms with Gasteiger partial charge in [-0.05, 0) is 30.3 Å². The standard InChI is InChI=1S/C15H11ClFNO2S/c16-14-8-10(17)3-6-13(14)15(20)18-9-12-5-4-11(21-12)2-1-7-19/h3-6,8,19H,7,9H2,(H,18,20). The molecule has 21 heavy (non-hydrogen) atoms. The van der Waals surface area contributed by atoms with Crippen molar-refractivity contribution in [1.29, 1.82) is 0 Å². The molecule has 1 amide bonds. The Labute approximate surface area is 130 Å². The molecule has 0 saturated heterocycles. The van der Waals surface area contributed by atoms with E-state index in [4.69, 9.17) is 16.7 Å². The van der Waals surface area contributed by atoms with E-state index < -0.39 is 5.82 Å². The monoisotopic (exact) mass is 323 g/mol. The highest BCUT2D eigenvalue weighted by molar-refractivity contribution is 7.12. The van der Waals surface area contributed by atoms with Gasteiger partial charge in [-0.1, -0.05) is 23.4 Å². The molecule has 1 aromatic carbocycles. The van der Waals surface area contributed by atoms with E-state index in [1.54, 1.807) is 0 Å². The average Bonchev–Trinajstić information content (AvgIpc) is 2.90. The molecule has 1 heterocycles. The van der Waals surface area contributed by atoms with E-state index in [2.05, 4.69) is 17.2 Å². The number of hydrogen-bond donors (Lipinski definition) is 2. The summed E-state index contributed by atoms with van der Waals surface area (Å²) >= 11 is 7.25. The number of hydrogen-bond acceptors (Lipinski definition) is 3. The lowest BCUT2D eigenvalue weighted by Gasteiger charge is -2.05. The lowest BCUT2D eigenvalue weighted by Crippen LogP contribution is -2.22. The van der Waals surface area contributed by atoms with Crippen LogP contribution in [0.15, 0.2) is 30.3 Å². The number of rotatable bonds is 3. The normalized spacial score (nSPS) is 9.86. The molecule has 0 bridgehead atoms. The summed E-state index contributed by atoms with van der Waals surface area (Å²) in [6, 6.07) is 7.30. The molecule has 6 heteroatoms. The Hall–Kier alpha value is -1.87.